The third-order valence-electron chi connectivity index (χ3n) is 3.61. The van der Waals surface area contributed by atoms with Crippen molar-refractivity contribution in [2.45, 2.75) is 26.7 Å². The Balaban J connectivity index is 2.62. The number of carbonyl (C=O) groups excluding carboxylic acids is 1. The van der Waals surface area contributed by atoms with E-state index in [9.17, 15) is 4.79 Å². The Hall–Kier alpha value is -1.36. The molecule has 0 aliphatic carbocycles. The van der Waals surface area contributed by atoms with Crippen molar-refractivity contribution in [3.05, 3.63) is 18.0 Å². The molecular weight excluding hydrogens is 216 g/mol. The molecule has 1 amide bonds. The van der Waals surface area contributed by atoms with E-state index in [1.165, 1.54) is 0 Å². The lowest BCUT2D eigenvalue weighted by Crippen LogP contribution is -2.42. The molecule has 0 unspecified atom stereocenters. The summed E-state index contributed by atoms with van der Waals surface area (Å²) in [4.78, 5) is 11.9. The number of nitrogens with two attached hydrogens (primary N) is 1. The maximum Gasteiger partial charge on any atom is 0.269 e. The molecular formula is C12H22N4O. The fourth-order valence-electron chi connectivity index (χ4n) is 1.82. The highest BCUT2D eigenvalue weighted by Gasteiger charge is 2.25. The van der Waals surface area contributed by atoms with E-state index in [0.29, 0.717) is 18.8 Å². The van der Waals surface area contributed by atoms with Crippen LogP contribution in [0.5, 0.6) is 0 Å². The standard InChI is InChI=1S/C12H22N4O/c1-4-12(5-2,8-13)9-14-11(17)10-6-7-15-16(10)3/h6-7H,4-5,8-9,13H2,1-3H3,(H,14,17). The van der Waals surface area contributed by atoms with Gasteiger partial charge in [0.25, 0.3) is 5.91 Å². The Kier molecular flexibility index (Phi) is 4.69. The monoisotopic (exact) mass is 238 g/mol. The van der Waals surface area contributed by atoms with Gasteiger partial charge in [0.05, 0.1) is 0 Å². The Bertz CT molecular complexity index is 360. The highest BCUT2D eigenvalue weighted by molar-refractivity contribution is 5.92. The smallest absolute Gasteiger partial charge is 0.269 e. The van der Waals surface area contributed by atoms with Crippen LogP contribution < -0.4 is 11.1 Å². The lowest BCUT2D eigenvalue weighted by molar-refractivity contribution is 0.0918. The van der Waals surface area contributed by atoms with Gasteiger partial charge in [0.1, 0.15) is 5.69 Å². The first-order valence-electron chi connectivity index (χ1n) is 6.05. The molecule has 0 aliphatic heterocycles. The molecule has 0 spiro atoms. The number of nitrogens with one attached hydrogen (secondary N) is 1. The van der Waals surface area contributed by atoms with Gasteiger partial charge in [-0.2, -0.15) is 5.10 Å². The van der Waals surface area contributed by atoms with E-state index in [-0.39, 0.29) is 11.3 Å². The summed E-state index contributed by atoms with van der Waals surface area (Å²) in [5.74, 6) is -0.0928. The number of nitrogens with zero attached hydrogens (tertiary/aromatic N) is 2. The van der Waals surface area contributed by atoms with Gasteiger partial charge >= 0.3 is 0 Å². The van der Waals surface area contributed by atoms with E-state index >= 15 is 0 Å². The van der Waals surface area contributed by atoms with Crippen LogP contribution in [0, 0.1) is 5.41 Å². The molecule has 1 aromatic rings. The van der Waals surface area contributed by atoms with E-state index < -0.39 is 0 Å². The Morgan fingerprint density at radius 3 is 2.59 bits per heavy atom. The van der Waals surface area contributed by atoms with Crippen molar-refractivity contribution in [2.24, 2.45) is 18.2 Å². The van der Waals surface area contributed by atoms with Gasteiger partial charge in [0, 0.05) is 19.8 Å². The van der Waals surface area contributed by atoms with Crippen LogP contribution in [-0.2, 0) is 7.05 Å². The number of amides is 1. The van der Waals surface area contributed by atoms with Crippen molar-refractivity contribution >= 4 is 5.91 Å². The predicted molar refractivity (Wildman–Crippen MR) is 67.6 cm³/mol. The molecule has 0 saturated carbocycles. The third kappa shape index (κ3) is 3.06. The molecule has 3 N–H and O–H groups in total. The average Bonchev–Trinajstić information content (AvgIpc) is 2.78. The Morgan fingerprint density at radius 1 is 1.53 bits per heavy atom. The second-order valence-electron chi connectivity index (χ2n) is 4.43. The number of hydrogen-bond donors (Lipinski definition) is 2. The summed E-state index contributed by atoms with van der Waals surface area (Å²) in [7, 11) is 1.75. The first-order chi connectivity index (χ1) is 8.08. The fourth-order valence-corrected chi connectivity index (χ4v) is 1.82. The van der Waals surface area contributed by atoms with Crippen molar-refractivity contribution < 1.29 is 4.79 Å². The summed E-state index contributed by atoms with van der Waals surface area (Å²) >= 11 is 0. The second kappa shape index (κ2) is 5.82. The van der Waals surface area contributed by atoms with Gasteiger partial charge in [0.15, 0.2) is 0 Å². The van der Waals surface area contributed by atoms with E-state index in [4.69, 9.17) is 5.73 Å². The van der Waals surface area contributed by atoms with Crippen LogP contribution in [0.4, 0.5) is 0 Å². The molecule has 17 heavy (non-hydrogen) atoms. The minimum Gasteiger partial charge on any atom is -0.350 e. The van der Waals surface area contributed by atoms with Gasteiger partial charge in [-0.1, -0.05) is 13.8 Å². The van der Waals surface area contributed by atoms with E-state index in [2.05, 4.69) is 24.3 Å². The number of hydrogen-bond acceptors (Lipinski definition) is 3. The highest BCUT2D eigenvalue weighted by Crippen LogP contribution is 2.23. The van der Waals surface area contributed by atoms with Gasteiger partial charge in [-0.25, -0.2) is 0 Å². The average molecular weight is 238 g/mol. The molecule has 0 fully saturated rings. The minimum absolute atomic E-state index is 0.00819. The van der Waals surface area contributed by atoms with Crippen LogP contribution in [0.3, 0.4) is 0 Å². The first-order valence-corrected chi connectivity index (χ1v) is 6.05. The van der Waals surface area contributed by atoms with Crippen LogP contribution >= 0.6 is 0 Å². The topological polar surface area (TPSA) is 72.9 Å². The molecule has 1 rings (SSSR count). The van der Waals surface area contributed by atoms with E-state index in [1.807, 2.05) is 0 Å². The van der Waals surface area contributed by atoms with Crippen LogP contribution in [0.25, 0.3) is 0 Å². The summed E-state index contributed by atoms with van der Waals surface area (Å²) in [6.07, 6.45) is 3.54. The van der Waals surface area contributed by atoms with Gasteiger partial charge in [-0.15, -0.1) is 0 Å². The summed E-state index contributed by atoms with van der Waals surface area (Å²) in [6.45, 7) is 5.41. The zero-order chi connectivity index (χ0) is 12.9. The molecule has 0 aromatic carbocycles. The predicted octanol–water partition coefficient (Wildman–Crippen LogP) is 0.915. The SMILES string of the molecule is CCC(CC)(CN)CNC(=O)c1ccnn1C. The second-order valence-corrected chi connectivity index (χ2v) is 4.43. The Labute approximate surface area is 102 Å². The number of carbonyl (C=O) groups is 1. The molecule has 96 valence electrons. The molecule has 0 atom stereocenters. The van der Waals surface area contributed by atoms with Gasteiger partial charge in [-0.05, 0) is 30.9 Å². The molecule has 0 aliphatic rings. The van der Waals surface area contributed by atoms with Gasteiger partial charge in [0.2, 0.25) is 0 Å². The molecule has 1 aromatic heterocycles. The minimum atomic E-state index is -0.0928. The number of aromatic nitrogens is 2. The number of aryl methyl sites for hydroxylation is 1. The zero-order valence-electron chi connectivity index (χ0n) is 10.9. The molecule has 0 bridgehead atoms. The Morgan fingerprint density at radius 2 is 2.18 bits per heavy atom. The lowest BCUT2D eigenvalue weighted by atomic mass is 9.82. The van der Waals surface area contributed by atoms with Crippen molar-refractivity contribution in [2.75, 3.05) is 13.1 Å². The summed E-state index contributed by atoms with van der Waals surface area (Å²) in [5.41, 5.74) is 6.38. The van der Waals surface area contributed by atoms with Crippen molar-refractivity contribution in [3.63, 3.8) is 0 Å². The largest absolute Gasteiger partial charge is 0.350 e. The summed E-state index contributed by atoms with van der Waals surface area (Å²) in [5, 5.41) is 6.91. The molecule has 1 heterocycles. The lowest BCUT2D eigenvalue weighted by Gasteiger charge is -2.30. The quantitative estimate of drug-likeness (QED) is 0.774. The van der Waals surface area contributed by atoms with Crippen LogP contribution in [0.1, 0.15) is 37.2 Å². The highest BCUT2D eigenvalue weighted by atomic mass is 16.2. The molecule has 5 nitrogen and oxygen atoms in total. The number of rotatable bonds is 6. The van der Waals surface area contributed by atoms with Crippen LogP contribution in [0.2, 0.25) is 0 Å². The third-order valence-corrected chi connectivity index (χ3v) is 3.61. The molecule has 5 heteroatoms. The maximum absolute atomic E-state index is 11.9. The maximum atomic E-state index is 11.9. The summed E-state index contributed by atoms with van der Waals surface area (Å²) in [6, 6.07) is 1.71. The van der Waals surface area contributed by atoms with E-state index in [1.54, 1.807) is 24.0 Å². The van der Waals surface area contributed by atoms with Crippen molar-refractivity contribution in [1.29, 1.82) is 0 Å². The zero-order valence-corrected chi connectivity index (χ0v) is 10.9. The van der Waals surface area contributed by atoms with Gasteiger partial charge < -0.3 is 11.1 Å². The normalized spacial score (nSPS) is 11.5. The molecule has 0 saturated heterocycles. The fraction of sp³-hybridized carbons (Fsp3) is 0.667. The van der Waals surface area contributed by atoms with Crippen molar-refractivity contribution in [3.8, 4) is 0 Å². The molecule has 0 radical (unpaired) electrons. The summed E-state index contributed by atoms with van der Waals surface area (Å²) < 4.78 is 1.57. The van der Waals surface area contributed by atoms with Crippen LogP contribution in [0.15, 0.2) is 12.3 Å². The first kappa shape index (κ1) is 13.7. The van der Waals surface area contributed by atoms with Crippen LogP contribution in [-0.4, -0.2) is 28.8 Å². The van der Waals surface area contributed by atoms with Crippen molar-refractivity contribution in [1.82, 2.24) is 15.1 Å². The van der Waals surface area contributed by atoms with E-state index in [0.717, 1.165) is 12.8 Å². The van der Waals surface area contributed by atoms with Gasteiger partial charge in [-0.3, -0.25) is 9.48 Å².